The maximum Gasteiger partial charge on any atom is 0.307 e. The van der Waals surface area contributed by atoms with Gasteiger partial charge < -0.3 is 10.0 Å². The Morgan fingerprint density at radius 1 is 1.17 bits per heavy atom. The predicted octanol–water partition coefficient (Wildman–Crippen LogP) is 2.15. The first-order chi connectivity index (χ1) is 8.61. The Morgan fingerprint density at radius 2 is 1.78 bits per heavy atom. The highest BCUT2D eigenvalue weighted by molar-refractivity contribution is 5.97. The zero-order chi connectivity index (χ0) is 13.1. The highest BCUT2D eigenvalue weighted by atomic mass is 16.4. The molecular weight excluding hydrogens is 230 g/mol. The molecule has 0 radical (unpaired) electrons. The molecule has 1 saturated carbocycles. The fraction of sp³-hybridized carbons (Fsp3) is 0.429. The average Bonchev–Trinajstić information content (AvgIpc) is 2.87. The number of aliphatic carboxylic acids is 1. The zero-order valence-electron chi connectivity index (χ0n) is 10.4. The monoisotopic (exact) mass is 247 g/mol. The molecule has 0 aromatic heterocycles. The van der Waals surface area contributed by atoms with Gasteiger partial charge in [0.25, 0.3) is 0 Å². The van der Waals surface area contributed by atoms with Crippen molar-refractivity contribution >= 4 is 17.6 Å². The number of hydrogen-bond donors (Lipinski definition) is 1. The summed E-state index contributed by atoms with van der Waals surface area (Å²) in [5.41, 5.74) is 0.804. The first kappa shape index (κ1) is 12.6. The van der Waals surface area contributed by atoms with E-state index in [1.807, 2.05) is 30.3 Å². The first-order valence-electron chi connectivity index (χ1n) is 6.16. The van der Waals surface area contributed by atoms with Crippen molar-refractivity contribution in [2.24, 2.45) is 11.8 Å². The van der Waals surface area contributed by atoms with Crippen LogP contribution in [0.15, 0.2) is 30.3 Å². The smallest absolute Gasteiger partial charge is 0.307 e. The summed E-state index contributed by atoms with van der Waals surface area (Å²) in [5.74, 6) is -1.85. The third-order valence-electron chi connectivity index (χ3n) is 3.62. The second-order valence-electron chi connectivity index (χ2n) is 4.71. The molecule has 1 amide bonds. The normalized spacial score (nSPS) is 22.7. The Bertz CT molecular complexity index is 444. The molecule has 4 nitrogen and oxygen atoms in total. The maximum absolute atomic E-state index is 12.3. The molecule has 2 atom stereocenters. The van der Waals surface area contributed by atoms with Gasteiger partial charge in [-0.1, -0.05) is 24.6 Å². The predicted molar refractivity (Wildman–Crippen MR) is 68.3 cm³/mol. The third kappa shape index (κ3) is 2.37. The summed E-state index contributed by atoms with van der Waals surface area (Å²) < 4.78 is 0. The number of carbonyl (C=O) groups excluding carboxylic acids is 1. The number of carboxylic acid groups (broad SMARTS) is 1. The van der Waals surface area contributed by atoms with E-state index < -0.39 is 11.9 Å². The van der Waals surface area contributed by atoms with Crippen molar-refractivity contribution in [3.8, 4) is 0 Å². The standard InChI is InChI=1S/C14H17NO3/c1-15(10-6-3-2-4-7-10)13(16)11-8-5-9-12(11)14(17)18/h2-4,6-7,11-12H,5,8-9H2,1H3,(H,17,18)/t11-,12+/m1/s1. The molecule has 0 bridgehead atoms. The number of rotatable bonds is 3. The van der Waals surface area contributed by atoms with Crippen LogP contribution in [0.25, 0.3) is 0 Å². The number of para-hydroxylation sites is 1. The van der Waals surface area contributed by atoms with Crippen LogP contribution >= 0.6 is 0 Å². The number of benzene rings is 1. The largest absolute Gasteiger partial charge is 0.481 e. The highest BCUT2D eigenvalue weighted by Gasteiger charge is 2.39. The molecule has 2 rings (SSSR count). The lowest BCUT2D eigenvalue weighted by Crippen LogP contribution is -2.36. The van der Waals surface area contributed by atoms with Crippen LogP contribution in [0.5, 0.6) is 0 Å². The summed E-state index contributed by atoms with van der Waals surface area (Å²) in [4.78, 5) is 25.0. The SMILES string of the molecule is CN(C(=O)[C@@H]1CCC[C@@H]1C(=O)O)c1ccccc1. The Morgan fingerprint density at radius 3 is 2.39 bits per heavy atom. The van der Waals surface area contributed by atoms with Crippen LogP contribution in [-0.2, 0) is 9.59 Å². The molecule has 0 spiro atoms. The number of carboxylic acids is 1. The van der Waals surface area contributed by atoms with E-state index in [1.54, 1.807) is 11.9 Å². The lowest BCUT2D eigenvalue weighted by molar-refractivity contribution is -0.145. The van der Waals surface area contributed by atoms with Gasteiger partial charge in [0.15, 0.2) is 0 Å². The minimum atomic E-state index is -0.854. The Kier molecular flexibility index (Phi) is 3.65. The van der Waals surface area contributed by atoms with Gasteiger partial charge in [0, 0.05) is 12.7 Å². The Hall–Kier alpha value is -1.84. The fourth-order valence-corrected chi connectivity index (χ4v) is 2.58. The highest BCUT2D eigenvalue weighted by Crippen LogP contribution is 2.34. The molecule has 0 aliphatic heterocycles. The van der Waals surface area contributed by atoms with E-state index >= 15 is 0 Å². The van der Waals surface area contributed by atoms with Gasteiger partial charge >= 0.3 is 5.97 Å². The van der Waals surface area contributed by atoms with E-state index in [0.29, 0.717) is 12.8 Å². The summed E-state index contributed by atoms with van der Waals surface area (Å²) in [7, 11) is 1.70. The van der Waals surface area contributed by atoms with Crippen molar-refractivity contribution < 1.29 is 14.7 Å². The molecule has 1 fully saturated rings. The van der Waals surface area contributed by atoms with E-state index in [-0.39, 0.29) is 11.8 Å². The minimum absolute atomic E-state index is 0.0916. The van der Waals surface area contributed by atoms with Crippen LogP contribution in [0, 0.1) is 11.8 Å². The van der Waals surface area contributed by atoms with Crippen LogP contribution in [0.3, 0.4) is 0 Å². The number of hydrogen-bond acceptors (Lipinski definition) is 2. The van der Waals surface area contributed by atoms with Crippen molar-refractivity contribution in [3.63, 3.8) is 0 Å². The number of amides is 1. The Balaban J connectivity index is 2.14. The fourth-order valence-electron chi connectivity index (χ4n) is 2.58. The molecule has 1 aromatic carbocycles. The van der Waals surface area contributed by atoms with E-state index in [1.165, 1.54) is 0 Å². The number of anilines is 1. The molecule has 1 aliphatic rings. The second kappa shape index (κ2) is 5.21. The van der Waals surface area contributed by atoms with E-state index in [0.717, 1.165) is 12.1 Å². The summed E-state index contributed by atoms with van der Waals surface area (Å²) in [6, 6.07) is 9.31. The van der Waals surface area contributed by atoms with Gasteiger partial charge in [-0.15, -0.1) is 0 Å². The van der Waals surface area contributed by atoms with E-state index in [4.69, 9.17) is 5.11 Å². The lowest BCUT2D eigenvalue weighted by atomic mass is 9.94. The maximum atomic E-state index is 12.3. The topological polar surface area (TPSA) is 57.6 Å². The zero-order valence-corrected chi connectivity index (χ0v) is 10.4. The molecule has 96 valence electrons. The van der Waals surface area contributed by atoms with Crippen molar-refractivity contribution in [3.05, 3.63) is 30.3 Å². The lowest BCUT2D eigenvalue weighted by Gasteiger charge is -2.23. The minimum Gasteiger partial charge on any atom is -0.481 e. The number of nitrogens with zero attached hydrogens (tertiary/aromatic N) is 1. The average molecular weight is 247 g/mol. The summed E-state index contributed by atoms with van der Waals surface area (Å²) in [5, 5.41) is 9.11. The van der Waals surface area contributed by atoms with Crippen molar-refractivity contribution in [1.29, 1.82) is 0 Å². The van der Waals surface area contributed by atoms with Gasteiger partial charge in [-0.2, -0.15) is 0 Å². The van der Waals surface area contributed by atoms with Gasteiger partial charge in [-0.3, -0.25) is 9.59 Å². The Labute approximate surface area is 106 Å². The first-order valence-corrected chi connectivity index (χ1v) is 6.16. The van der Waals surface area contributed by atoms with Gasteiger partial charge in [0.2, 0.25) is 5.91 Å². The van der Waals surface area contributed by atoms with Gasteiger partial charge in [0.1, 0.15) is 0 Å². The van der Waals surface area contributed by atoms with Crippen LogP contribution in [0.2, 0.25) is 0 Å². The van der Waals surface area contributed by atoms with E-state index in [2.05, 4.69) is 0 Å². The summed E-state index contributed by atoms with van der Waals surface area (Å²) in [6.45, 7) is 0. The molecule has 18 heavy (non-hydrogen) atoms. The quantitative estimate of drug-likeness (QED) is 0.890. The number of carbonyl (C=O) groups is 2. The second-order valence-corrected chi connectivity index (χ2v) is 4.71. The van der Waals surface area contributed by atoms with Crippen molar-refractivity contribution in [2.45, 2.75) is 19.3 Å². The van der Waals surface area contributed by atoms with Crippen LogP contribution in [0.4, 0.5) is 5.69 Å². The van der Waals surface area contributed by atoms with Crippen LogP contribution in [0.1, 0.15) is 19.3 Å². The van der Waals surface area contributed by atoms with Crippen molar-refractivity contribution in [2.75, 3.05) is 11.9 Å². The van der Waals surface area contributed by atoms with Crippen LogP contribution in [-0.4, -0.2) is 24.0 Å². The molecule has 1 aromatic rings. The van der Waals surface area contributed by atoms with Crippen molar-refractivity contribution in [1.82, 2.24) is 0 Å². The summed E-state index contributed by atoms with van der Waals surface area (Å²) in [6.07, 6.45) is 2.09. The molecule has 4 heteroatoms. The molecule has 0 unspecified atom stereocenters. The molecule has 1 N–H and O–H groups in total. The van der Waals surface area contributed by atoms with Gasteiger partial charge in [-0.25, -0.2) is 0 Å². The van der Waals surface area contributed by atoms with Crippen LogP contribution < -0.4 is 4.90 Å². The van der Waals surface area contributed by atoms with E-state index in [9.17, 15) is 9.59 Å². The molecule has 1 aliphatic carbocycles. The van der Waals surface area contributed by atoms with Gasteiger partial charge in [0.05, 0.1) is 11.8 Å². The molecule has 0 heterocycles. The summed E-state index contributed by atoms with van der Waals surface area (Å²) >= 11 is 0. The molecular formula is C14H17NO3. The third-order valence-corrected chi connectivity index (χ3v) is 3.62. The molecule has 0 saturated heterocycles. The van der Waals surface area contributed by atoms with Gasteiger partial charge in [-0.05, 0) is 25.0 Å².